The van der Waals surface area contributed by atoms with Crippen LogP contribution < -0.4 is 10.1 Å². The number of aromatic nitrogens is 1. The number of pyridine rings is 1. The van der Waals surface area contributed by atoms with Crippen LogP contribution in [0.1, 0.15) is 24.1 Å². The fourth-order valence-electron chi connectivity index (χ4n) is 2.08. The predicted molar refractivity (Wildman–Crippen MR) is 77.7 cm³/mol. The monoisotopic (exact) mass is 294 g/mol. The van der Waals surface area contributed by atoms with Gasteiger partial charge in [-0.05, 0) is 31.7 Å². The largest absolute Gasteiger partial charge is 0.492 e. The van der Waals surface area contributed by atoms with E-state index < -0.39 is 5.82 Å². The van der Waals surface area contributed by atoms with Gasteiger partial charge < -0.3 is 10.1 Å². The van der Waals surface area contributed by atoms with Crippen molar-refractivity contribution in [1.82, 2.24) is 10.3 Å². The van der Waals surface area contributed by atoms with Crippen LogP contribution in [0.3, 0.4) is 0 Å². The molecule has 0 bridgehead atoms. The molecule has 3 nitrogen and oxygen atoms in total. The zero-order chi connectivity index (χ0) is 14.5. The summed E-state index contributed by atoms with van der Waals surface area (Å²) in [7, 11) is 1.76. The van der Waals surface area contributed by atoms with Crippen LogP contribution in [0.15, 0.2) is 36.7 Å². The molecular weight excluding hydrogens is 279 g/mol. The molecule has 0 amide bonds. The molecule has 5 heteroatoms. The summed E-state index contributed by atoms with van der Waals surface area (Å²) in [6, 6.07) is 6.47. The third kappa shape index (κ3) is 3.08. The number of benzene rings is 1. The Labute approximate surface area is 122 Å². The zero-order valence-corrected chi connectivity index (χ0v) is 12.1. The molecule has 0 aliphatic heterocycles. The smallest absolute Gasteiger partial charge is 0.146 e. The second kappa shape index (κ2) is 6.68. The zero-order valence-electron chi connectivity index (χ0n) is 11.4. The molecule has 0 aliphatic carbocycles. The Kier molecular flexibility index (Phi) is 4.93. The summed E-state index contributed by atoms with van der Waals surface area (Å²) in [6.45, 7) is 2.46. The fraction of sp³-hybridized carbons (Fsp3) is 0.267. The van der Waals surface area contributed by atoms with Gasteiger partial charge in [-0.2, -0.15) is 0 Å². The van der Waals surface area contributed by atoms with Gasteiger partial charge in [0, 0.05) is 11.8 Å². The van der Waals surface area contributed by atoms with Crippen molar-refractivity contribution in [2.24, 2.45) is 0 Å². The van der Waals surface area contributed by atoms with E-state index in [-0.39, 0.29) is 11.1 Å². The van der Waals surface area contributed by atoms with E-state index in [1.807, 2.05) is 13.0 Å². The second-order valence-corrected chi connectivity index (χ2v) is 4.66. The van der Waals surface area contributed by atoms with Crippen molar-refractivity contribution >= 4 is 11.6 Å². The Morgan fingerprint density at radius 1 is 1.40 bits per heavy atom. The van der Waals surface area contributed by atoms with E-state index in [0.29, 0.717) is 17.9 Å². The lowest BCUT2D eigenvalue weighted by atomic mass is 9.99. The van der Waals surface area contributed by atoms with Gasteiger partial charge in [0.15, 0.2) is 0 Å². The van der Waals surface area contributed by atoms with E-state index in [2.05, 4.69) is 10.3 Å². The van der Waals surface area contributed by atoms with E-state index in [0.717, 1.165) is 5.56 Å². The first kappa shape index (κ1) is 14.8. The highest BCUT2D eigenvalue weighted by molar-refractivity contribution is 6.30. The fourth-order valence-corrected chi connectivity index (χ4v) is 2.27. The van der Waals surface area contributed by atoms with Crippen LogP contribution in [0.5, 0.6) is 5.75 Å². The highest BCUT2D eigenvalue weighted by atomic mass is 35.5. The van der Waals surface area contributed by atoms with Gasteiger partial charge in [-0.3, -0.25) is 4.98 Å². The second-order valence-electron chi connectivity index (χ2n) is 4.25. The normalized spacial score (nSPS) is 12.2. The summed E-state index contributed by atoms with van der Waals surface area (Å²) in [5, 5.41) is 3.19. The van der Waals surface area contributed by atoms with Gasteiger partial charge in [0.2, 0.25) is 0 Å². The predicted octanol–water partition coefficient (Wildman–Crippen LogP) is 3.58. The van der Waals surface area contributed by atoms with Crippen molar-refractivity contribution in [3.63, 3.8) is 0 Å². The van der Waals surface area contributed by atoms with Crippen LogP contribution in [0.25, 0.3) is 0 Å². The van der Waals surface area contributed by atoms with Crippen molar-refractivity contribution in [2.75, 3.05) is 13.7 Å². The molecule has 2 aromatic rings. The van der Waals surface area contributed by atoms with Crippen LogP contribution in [-0.4, -0.2) is 18.6 Å². The van der Waals surface area contributed by atoms with Gasteiger partial charge in [0.1, 0.15) is 11.6 Å². The van der Waals surface area contributed by atoms with Gasteiger partial charge in [0.05, 0.1) is 23.9 Å². The van der Waals surface area contributed by atoms with E-state index >= 15 is 0 Å². The number of halogens is 2. The van der Waals surface area contributed by atoms with E-state index in [1.54, 1.807) is 31.6 Å². The summed E-state index contributed by atoms with van der Waals surface area (Å²) >= 11 is 5.84. The highest BCUT2D eigenvalue weighted by Gasteiger charge is 2.18. The van der Waals surface area contributed by atoms with Gasteiger partial charge in [0.25, 0.3) is 0 Å². The molecule has 1 heterocycles. The lowest BCUT2D eigenvalue weighted by molar-refractivity contribution is 0.338. The number of hydrogen-bond donors (Lipinski definition) is 1. The van der Waals surface area contributed by atoms with Gasteiger partial charge in [-0.25, -0.2) is 4.39 Å². The van der Waals surface area contributed by atoms with Crippen molar-refractivity contribution in [1.29, 1.82) is 0 Å². The topological polar surface area (TPSA) is 34.1 Å². The summed E-state index contributed by atoms with van der Waals surface area (Å²) in [5.41, 5.74) is 1.30. The third-order valence-electron chi connectivity index (χ3n) is 2.96. The molecule has 106 valence electrons. The molecule has 1 N–H and O–H groups in total. The standard InChI is InChI=1S/C15H16ClFN2O/c1-3-20-11-7-10(8-19-9-11)15(18-2)12-5-4-6-13(16)14(12)17/h4-9,15,18H,3H2,1-2H3. The van der Waals surface area contributed by atoms with E-state index in [9.17, 15) is 4.39 Å². The van der Waals surface area contributed by atoms with Crippen LogP contribution in [0.2, 0.25) is 5.02 Å². The lowest BCUT2D eigenvalue weighted by Crippen LogP contribution is -2.19. The van der Waals surface area contributed by atoms with Crippen LogP contribution in [0, 0.1) is 5.82 Å². The molecule has 1 aromatic heterocycles. The molecule has 0 saturated heterocycles. The third-order valence-corrected chi connectivity index (χ3v) is 3.25. The maximum atomic E-state index is 14.1. The molecule has 0 saturated carbocycles. The molecule has 0 fully saturated rings. The molecular formula is C15H16ClFN2O. The molecule has 2 rings (SSSR count). The number of ether oxygens (including phenoxy) is 1. The summed E-state index contributed by atoms with van der Waals surface area (Å²) < 4.78 is 19.6. The van der Waals surface area contributed by atoms with Crippen molar-refractivity contribution in [3.05, 3.63) is 58.6 Å². The minimum Gasteiger partial charge on any atom is -0.492 e. The average molecular weight is 295 g/mol. The Morgan fingerprint density at radius 2 is 2.20 bits per heavy atom. The Balaban J connectivity index is 2.41. The molecule has 1 atom stereocenters. The lowest BCUT2D eigenvalue weighted by Gasteiger charge is -2.18. The van der Waals surface area contributed by atoms with Crippen molar-refractivity contribution in [2.45, 2.75) is 13.0 Å². The van der Waals surface area contributed by atoms with Gasteiger partial charge in [-0.1, -0.05) is 23.7 Å². The first-order chi connectivity index (χ1) is 9.67. The SMILES string of the molecule is CCOc1cncc(C(NC)c2cccc(Cl)c2F)c1. The molecule has 1 aromatic carbocycles. The number of hydrogen-bond acceptors (Lipinski definition) is 3. The minimum absolute atomic E-state index is 0.108. The van der Waals surface area contributed by atoms with Crippen molar-refractivity contribution in [3.8, 4) is 5.75 Å². The summed E-state index contributed by atoms with van der Waals surface area (Å²) in [5.74, 6) is 0.239. The molecule has 20 heavy (non-hydrogen) atoms. The van der Waals surface area contributed by atoms with Gasteiger partial charge >= 0.3 is 0 Å². The number of nitrogens with one attached hydrogen (secondary N) is 1. The highest BCUT2D eigenvalue weighted by Crippen LogP contribution is 2.29. The van der Waals surface area contributed by atoms with Gasteiger partial charge in [-0.15, -0.1) is 0 Å². The van der Waals surface area contributed by atoms with Crippen LogP contribution in [-0.2, 0) is 0 Å². The molecule has 1 unspecified atom stereocenters. The molecule has 0 aliphatic rings. The molecule has 0 radical (unpaired) electrons. The van der Waals surface area contributed by atoms with Crippen molar-refractivity contribution < 1.29 is 9.13 Å². The quantitative estimate of drug-likeness (QED) is 0.915. The summed E-state index contributed by atoms with van der Waals surface area (Å²) in [4.78, 5) is 4.13. The van der Waals surface area contributed by atoms with E-state index in [1.165, 1.54) is 6.07 Å². The first-order valence-electron chi connectivity index (χ1n) is 6.36. The maximum Gasteiger partial charge on any atom is 0.146 e. The minimum atomic E-state index is -0.421. The Hall–Kier alpha value is -1.65. The van der Waals surface area contributed by atoms with Crippen LogP contribution >= 0.6 is 11.6 Å². The maximum absolute atomic E-state index is 14.1. The Morgan fingerprint density at radius 3 is 2.90 bits per heavy atom. The average Bonchev–Trinajstić information content (AvgIpc) is 2.45. The van der Waals surface area contributed by atoms with Crippen LogP contribution in [0.4, 0.5) is 4.39 Å². The number of rotatable bonds is 5. The summed E-state index contributed by atoms with van der Waals surface area (Å²) in [6.07, 6.45) is 3.32. The molecule has 0 spiro atoms. The number of nitrogens with zero attached hydrogens (tertiary/aromatic N) is 1. The first-order valence-corrected chi connectivity index (χ1v) is 6.74. The Bertz CT molecular complexity index is 592. The van der Waals surface area contributed by atoms with E-state index in [4.69, 9.17) is 16.3 Å².